The van der Waals surface area contributed by atoms with Gasteiger partial charge >= 0.3 is 0 Å². The molecule has 1 heterocycles. The molecule has 0 aliphatic carbocycles. The highest BCUT2D eigenvalue weighted by Crippen LogP contribution is 2.46. The number of hydrogen-bond acceptors (Lipinski definition) is 2. The fraction of sp³-hybridized carbons (Fsp3) is 0.241. The lowest BCUT2D eigenvalue weighted by molar-refractivity contribution is 0.590. The van der Waals surface area contributed by atoms with E-state index >= 15 is 0 Å². The number of benzene rings is 3. The largest absolute Gasteiger partial charge is 0.354 e. The summed E-state index contributed by atoms with van der Waals surface area (Å²) in [7, 11) is 0. The molecule has 0 spiro atoms. The van der Waals surface area contributed by atoms with Crippen molar-refractivity contribution in [2.75, 3.05) is 5.32 Å². The molecule has 2 heteroatoms. The van der Waals surface area contributed by atoms with Crippen LogP contribution in [0.4, 0.5) is 11.4 Å². The molecule has 3 aromatic carbocycles. The second-order valence-electron chi connectivity index (χ2n) is 9.39. The minimum Gasteiger partial charge on any atom is -0.354 e. The van der Waals surface area contributed by atoms with Crippen LogP contribution in [0.2, 0.25) is 0 Å². The predicted octanol–water partition coefficient (Wildman–Crippen LogP) is 9.05. The van der Waals surface area contributed by atoms with Gasteiger partial charge in [0.05, 0.1) is 5.69 Å². The Hall–Kier alpha value is -2.84. The lowest BCUT2D eigenvalue weighted by Crippen LogP contribution is -2.11. The molecule has 0 saturated heterocycles. The molecule has 0 atom stereocenters. The van der Waals surface area contributed by atoms with Crippen LogP contribution in [0.3, 0.4) is 0 Å². The molecule has 1 N–H and O–H groups in total. The van der Waals surface area contributed by atoms with Crippen LogP contribution in [-0.2, 0) is 5.41 Å². The van der Waals surface area contributed by atoms with Gasteiger partial charge in [-0.25, -0.2) is 0 Å². The molecule has 0 unspecified atom stereocenters. The van der Waals surface area contributed by atoms with Crippen LogP contribution in [0.5, 0.6) is 0 Å². The summed E-state index contributed by atoms with van der Waals surface area (Å²) in [6.07, 6.45) is 0. The average Bonchev–Trinajstić information content (AvgIpc) is 3.12. The monoisotopic (exact) mass is 425 g/mol. The first kappa shape index (κ1) is 21.4. The predicted molar refractivity (Wildman–Crippen MR) is 138 cm³/mol. The van der Waals surface area contributed by atoms with Crippen LogP contribution in [0.15, 0.2) is 72.1 Å². The zero-order chi connectivity index (χ0) is 22.2. The summed E-state index contributed by atoms with van der Waals surface area (Å²) in [6.45, 7) is 13.4. The molecule has 0 aliphatic heterocycles. The van der Waals surface area contributed by atoms with Gasteiger partial charge in [-0.1, -0.05) is 81.4 Å². The minimum absolute atomic E-state index is 0.149. The highest BCUT2D eigenvalue weighted by molar-refractivity contribution is 7.14. The van der Waals surface area contributed by atoms with Gasteiger partial charge in [-0.05, 0) is 65.6 Å². The number of thiophene rings is 1. The van der Waals surface area contributed by atoms with Gasteiger partial charge in [-0.15, -0.1) is 11.3 Å². The van der Waals surface area contributed by atoms with E-state index in [2.05, 4.69) is 119 Å². The van der Waals surface area contributed by atoms with Gasteiger partial charge in [-0.3, -0.25) is 0 Å². The highest BCUT2D eigenvalue weighted by Gasteiger charge is 2.19. The Morgan fingerprint density at radius 3 is 1.87 bits per heavy atom. The molecule has 0 bridgehead atoms. The third-order valence-corrected chi connectivity index (χ3v) is 6.97. The quantitative estimate of drug-likeness (QED) is 0.344. The second-order valence-corrected chi connectivity index (χ2v) is 10.3. The van der Waals surface area contributed by atoms with Crippen LogP contribution in [0, 0.1) is 20.8 Å². The Balaban J connectivity index is 1.85. The van der Waals surface area contributed by atoms with Crippen LogP contribution in [0.1, 0.15) is 43.0 Å². The number of hydrogen-bond donors (Lipinski definition) is 1. The van der Waals surface area contributed by atoms with Crippen molar-refractivity contribution in [2.45, 2.75) is 47.0 Å². The first-order valence-corrected chi connectivity index (χ1v) is 11.8. The zero-order valence-corrected chi connectivity index (χ0v) is 20.2. The Morgan fingerprint density at radius 1 is 0.677 bits per heavy atom. The Bertz CT molecular complexity index is 1220. The fourth-order valence-corrected chi connectivity index (χ4v) is 5.12. The summed E-state index contributed by atoms with van der Waals surface area (Å²) < 4.78 is 0. The maximum Gasteiger partial charge on any atom is 0.0579 e. The summed E-state index contributed by atoms with van der Waals surface area (Å²) in [6, 6.07) is 24.1. The van der Waals surface area contributed by atoms with Crippen LogP contribution >= 0.6 is 11.3 Å². The molecule has 158 valence electrons. The molecular weight excluding hydrogens is 394 g/mol. The van der Waals surface area contributed by atoms with Gasteiger partial charge in [0.25, 0.3) is 0 Å². The summed E-state index contributed by atoms with van der Waals surface area (Å²) in [4.78, 5) is 1.32. The first-order chi connectivity index (χ1) is 14.8. The van der Waals surface area contributed by atoms with Gasteiger partial charge in [0.15, 0.2) is 0 Å². The molecule has 4 aromatic rings. The summed E-state index contributed by atoms with van der Waals surface area (Å²) in [5, 5.41) is 6.03. The number of nitrogens with one attached hydrogen (secondary N) is 1. The Morgan fingerprint density at radius 2 is 1.29 bits per heavy atom. The van der Waals surface area contributed by atoms with E-state index in [1.807, 2.05) is 11.3 Å². The van der Waals surface area contributed by atoms with Crippen LogP contribution in [0.25, 0.3) is 21.6 Å². The standard InChI is InChI=1S/C29H31NS/c1-19-11-7-9-13-23(19)27-26(18-31-28(27)24-14-10-8-12-20(24)2)30-25-16-15-22(17-21(25)3)29(4,5)6/h7-18,30H,1-6H3. The van der Waals surface area contributed by atoms with Gasteiger partial charge < -0.3 is 5.32 Å². The Labute approximate surface area is 190 Å². The number of anilines is 2. The lowest BCUT2D eigenvalue weighted by atomic mass is 9.86. The van der Waals surface area contributed by atoms with E-state index in [9.17, 15) is 0 Å². The van der Waals surface area contributed by atoms with E-state index in [1.165, 1.54) is 49.5 Å². The summed E-state index contributed by atoms with van der Waals surface area (Å²) in [5.41, 5.74) is 11.6. The third kappa shape index (κ3) is 4.31. The first-order valence-electron chi connectivity index (χ1n) is 10.9. The minimum atomic E-state index is 0.149. The summed E-state index contributed by atoms with van der Waals surface area (Å²) >= 11 is 1.82. The van der Waals surface area contributed by atoms with E-state index in [-0.39, 0.29) is 5.41 Å². The fourth-order valence-electron chi connectivity index (χ4n) is 4.01. The molecule has 31 heavy (non-hydrogen) atoms. The normalized spacial score (nSPS) is 11.5. The van der Waals surface area contributed by atoms with Gasteiger partial charge in [-0.2, -0.15) is 0 Å². The van der Waals surface area contributed by atoms with Crippen LogP contribution in [-0.4, -0.2) is 0 Å². The molecule has 4 rings (SSSR count). The van der Waals surface area contributed by atoms with Crippen molar-refractivity contribution in [3.63, 3.8) is 0 Å². The van der Waals surface area contributed by atoms with Crippen molar-refractivity contribution in [3.05, 3.63) is 94.4 Å². The number of aryl methyl sites for hydroxylation is 3. The lowest BCUT2D eigenvalue weighted by Gasteiger charge is -2.21. The molecular formula is C29H31NS. The SMILES string of the molecule is Cc1cc(C(C)(C)C)ccc1Nc1csc(-c2ccccc2C)c1-c1ccccc1C. The molecule has 0 saturated carbocycles. The zero-order valence-electron chi connectivity index (χ0n) is 19.3. The average molecular weight is 426 g/mol. The van der Waals surface area contributed by atoms with Crippen molar-refractivity contribution in [2.24, 2.45) is 0 Å². The van der Waals surface area contributed by atoms with E-state index in [4.69, 9.17) is 0 Å². The maximum absolute atomic E-state index is 3.77. The number of rotatable bonds is 4. The van der Waals surface area contributed by atoms with Crippen molar-refractivity contribution in [3.8, 4) is 21.6 Å². The Kier molecular flexibility index (Phi) is 5.77. The smallest absolute Gasteiger partial charge is 0.0579 e. The van der Waals surface area contributed by atoms with Crippen molar-refractivity contribution in [1.29, 1.82) is 0 Å². The van der Waals surface area contributed by atoms with Crippen molar-refractivity contribution >= 4 is 22.7 Å². The molecule has 1 aromatic heterocycles. The van der Waals surface area contributed by atoms with E-state index in [1.54, 1.807) is 0 Å². The van der Waals surface area contributed by atoms with Crippen LogP contribution < -0.4 is 5.32 Å². The van der Waals surface area contributed by atoms with Crippen molar-refractivity contribution < 1.29 is 0 Å². The third-order valence-electron chi connectivity index (χ3n) is 5.96. The molecule has 0 amide bonds. The molecule has 0 aliphatic rings. The highest BCUT2D eigenvalue weighted by atomic mass is 32.1. The van der Waals surface area contributed by atoms with E-state index in [0.717, 1.165) is 5.69 Å². The molecule has 0 radical (unpaired) electrons. The second kappa shape index (κ2) is 8.36. The van der Waals surface area contributed by atoms with Gasteiger partial charge in [0.1, 0.15) is 0 Å². The van der Waals surface area contributed by atoms with Gasteiger partial charge in [0.2, 0.25) is 0 Å². The maximum atomic E-state index is 3.77. The summed E-state index contributed by atoms with van der Waals surface area (Å²) in [5.74, 6) is 0. The molecule has 0 fully saturated rings. The van der Waals surface area contributed by atoms with Gasteiger partial charge in [0, 0.05) is 21.5 Å². The van der Waals surface area contributed by atoms with E-state index < -0.39 is 0 Å². The van der Waals surface area contributed by atoms with E-state index in [0.29, 0.717) is 0 Å². The topological polar surface area (TPSA) is 12.0 Å². The van der Waals surface area contributed by atoms with Crippen molar-refractivity contribution in [1.82, 2.24) is 0 Å². The molecule has 1 nitrogen and oxygen atoms in total.